The summed E-state index contributed by atoms with van der Waals surface area (Å²) in [5, 5.41) is 9.46. The molecule has 1 N–H and O–H groups in total. The van der Waals surface area contributed by atoms with Gasteiger partial charge in [0.2, 0.25) is 0 Å². The lowest BCUT2D eigenvalue weighted by molar-refractivity contribution is 0.0525. The molecule has 0 radical (unpaired) electrons. The average Bonchev–Trinajstić information content (AvgIpc) is 2.11. The standard InChI is InChI=1S/C10H11BrO3/c1-3-14-10(13)8-4-7(11)5-9(12)6(8)2/h4-5,12H,3H2,1-2H3. The molecule has 1 aromatic carbocycles. The van der Waals surface area contributed by atoms with Gasteiger partial charge in [-0.1, -0.05) is 15.9 Å². The highest BCUT2D eigenvalue weighted by Crippen LogP contribution is 2.26. The number of halogens is 1. The number of hydrogen-bond acceptors (Lipinski definition) is 3. The third-order valence-electron chi connectivity index (χ3n) is 1.84. The molecule has 0 spiro atoms. The number of carbonyl (C=O) groups excluding carboxylic acids is 1. The van der Waals surface area contributed by atoms with Crippen LogP contribution in [0.4, 0.5) is 0 Å². The van der Waals surface area contributed by atoms with Crippen LogP contribution in [0.15, 0.2) is 16.6 Å². The predicted molar refractivity (Wildman–Crippen MR) is 56.5 cm³/mol. The van der Waals surface area contributed by atoms with Crippen molar-refractivity contribution >= 4 is 21.9 Å². The van der Waals surface area contributed by atoms with Gasteiger partial charge in [-0.2, -0.15) is 0 Å². The lowest BCUT2D eigenvalue weighted by Crippen LogP contribution is -2.06. The average molecular weight is 259 g/mol. The van der Waals surface area contributed by atoms with Crippen molar-refractivity contribution in [2.45, 2.75) is 13.8 Å². The molecular weight excluding hydrogens is 248 g/mol. The van der Waals surface area contributed by atoms with Crippen molar-refractivity contribution in [2.24, 2.45) is 0 Å². The molecule has 76 valence electrons. The van der Waals surface area contributed by atoms with E-state index in [1.807, 2.05) is 0 Å². The van der Waals surface area contributed by atoms with Gasteiger partial charge in [0, 0.05) is 10.0 Å². The molecule has 0 atom stereocenters. The van der Waals surface area contributed by atoms with E-state index >= 15 is 0 Å². The normalized spacial score (nSPS) is 9.93. The van der Waals surface area contributed by atoms with E-state index in [9.17, 15) is 9.90 Å². The quantitative estimate of drug-likeness (QED) is 0.830. The van der Waals surface area contributed by atoms with Crippen LogP contribution >= 0.6 is 15.9 Å². The van der Waals surface area contributed by atoms with Gasteiger partial charge >= 0.3 is 5.97 Å². The van der Waals surface area contributed by atoms with Crippen molar-refractivity contribution in [1.82, 2.24) is 0 Å². The van der Waals surface area contributed by atoms with Crippen molar-refractivity contribution in [3.63, 3.8) is 0 Å². The summed E-state index contributed by atoms with van der Waals surface area (Å²) >= 11 is 3.20. The second-order valence-electron chi connectivity index (χ2n) is 2.82. The summed E-state index contributed by atoms with van der Waals surface area (Å²) in [6.45, 7) is 3.74. The molecule has 0 heterocycles. The first-order valence-corrected chi connectivity index (χ1v) is 5.01. The molecule has 1 aromatic rings. The van der Waals surface area contributed by atoms with E-state index in [4.69, 9.17) is 4.74 Å². The fourth-order valence-corrected chi connectivity index (χ4v) is 1.53. The van der Waals surface area contributed by atoms with Gasteiger partial charge in [0.05, 0.1) is 12.2 Å². The molecule has 0 aliphatic heterocycles. The van der Waals surface area contributed by atoms with Crippen molar-refractivity contribution in [2.75, 3.05) is 6.61 Å². The van der Waals surface area contributed by atoms with E-state index in [0.29, 0.717) is 22.2 Å². The van der Waals surface area contributed by atoms with Gasteiger partial charge < -0.3 is 9.84 Å². The molecule has 1 rings (SSSR count). The highest BCUT2D eigenvalue weighted by molar-refractivity contribution is 9.10. The van der Waals surface area contributed by atoms with E-state index in [-0.39, 0.29) is 5.75 Å². The molecule has 0 aliphatic carbocycles. The van der Waals surface area contributed by atoms with Crippen LogP contribution < -0.4 is 0 Å². The largest absolute Gasteiger partial charge is 0.508 e. The summed E-state index contributed by atoms with van der Waals surface area (Å²) in [6.07, 6.45) is 0. The number of ether oxygens (including phenoxy) is 1. The molecule has 14 heavy (non-hydrogen) atoms. The molecule has 3 nitrogen and oxygen atoms in total. The molecule has 4 heteroatoms. The van der Waals surface area contributed by atoms with Gasteiger partial charge in [-0.05, 0) is 26.0 Å². The number of phenolic OH excluding ortho intramolecular Hbond substituents is 1. The summed E-state index contributed by atoms with van der Waals surface area (Å²) in [4.78, 5) is 11.4. The zero-order valence-electron chi connectivity index (χ0n) is 8.00. The maximum absolute atomic E-state index is 11.4. The Morgan fingerprint density at radius 2 is 2.21 bits per heavy atom. The fourth-order valence-electron chi connectivity index (χ4n) is 1.09. The van der Waals surface area contributed by atoms with Gasteiger partial charge in [0.25, 0.3) is 0 Å². The molecule has 0 aromatic heterocycles. The molecule has 0 aliphatic rings. The van der Waals surface area contributed by atoms with Gasteiger partial charge in [0.1, 0.15) is 5.75 Å². The maximum Gasteiger partial charge on any atom is 0.338 e. The first-order chi connectivity index (χ1) is 6.56. The second-order valence-corrected chi connectivity index (χ2v) is 3.73. The Balaban J connectivity index is 3.13. The second kappa shape index (κ2) is 4.46. The molecular formula is C10H11BrO3. The van der Waals surface area contributed by atoms with E-state index in [1.54, 1.807) is 19.9 Å². The van der Waals surface area contributed by atoms with E-state index in [0.717, 1.165) is 0 Å². The topological polar surface area (TPSA) is 46.5 Å². The van der Waals surface area contributed by atoms with E-state index < -0.39 is 5.97 Å². The number of aromatic hydroxyl groups is 1. The molecule has 0 bridgehead atoms. The van der Waals surface area contributed by atoms with Gasteiger partial charge in [-0.15, -0.1) is 0 Å². The smallest absolute Gasteiger partial charge is 0.338 e. The first kappa shape index (κ1) is 11.0. The summed E-state index contributed by atoms with van der Waals surface area (Å²) in [5.74, 6) is -0.330. The van der Waals surface area contributed by atoms with Crippen LogP contribution in [0.3, 0.4) is 0 Å². The van der Waals surface area contributed by atoms with Gasteiger partial charge in [0.15, 0.2) is 0 Å². The lowest BCUT2D eigenvalue weighted by atomic mass is 10.1. The highest BCUT2D eigenvalue weighted by atomic mass is 79.9. The molecule has 0 fully saturated rings. The minimum Gasteiger partial charge on any atom is -0.508 e. The maximum atomic E-state index is 11.4. The van der Waals surface area contributed by atoms with Crippen LogP contribution in [0.25, 0.3) is 0 Å². The minimum atomic E-state index is -0.415. The first-order valence-electron chi connectivity index (χ1n) is 4.22. The Bertz CT molecular complexity index is 361. The Hall–Kier alpha value is -1.03. The van der Waals surface area contributed by atoms with Gasteiger partial charge in [-0.3, -0.25) is 0 Å². The Kier molecular flexibility index (Phi) is 3.52. The molecule has 0 amide bonds. The molecule has 0 saturated carbocycles. The van der Waals surface area contributed by atoms with Crippen LogP contribution in [-0.4, -0.2) is 17.7 Å². The number of rotatable bonds is 2. The Morgan fingerprint density at radius 1 is 1.57 bits per heavy atom. The third kappa shape index (κ3) is 2.26. The lowest BCUT2D eigenvalue weighted by Gasteiger charge is -2.07. The van der Waals surface area contributed by atoms with Gasteiger partial charge in [-0.25, -0.2) is 4.79 Å². The number of phenols is 1. The molecule has 0 unspecified atom stereocenters. The monoisotopic (exact) mass is 258 g/mol. The number of benzene rings is 1. The molecule has 0 saturated heterocycles. The van der Waals surface area contributed by atoms with Crippen LogP contribution in [0.1, 0.15) is 22.8 Å². The third-order valence-corrected chi connectivity index (χ3v) is 2.30. The summed E-state index contributed by atoms with van der Waals surface area (Å²) in [6, 6.07) is 3.17. The zero-order valence-corrected chi connectivity index (χ0v) is 9.59. The Morgan fingerprint density at radius 3 is 2.79 bits per heavy atom. The van der Waals surface area contributed by atoms with Crippen molar-refractivity contribution in [3.8, 4) is 5.75 Å². The predicted octanol–water partition coefficient (Wildman–Crippen LogP) is 2.64. The van der Waals surface area contributed by atoms with Crippen LogP contribution in [0.5, 0.6) is 5.75 Å². The van der Waals surface area contributed by atoms with E-state index in [1.165, 1.54) is 6.07 Å². The Labute approximate surface area is 90.8 Å². The number of hydrogen-bond donors (Lipinski definition) is 1. The SMILES string of the molecule is CCOC(=O)c1cc(Br)cc(O)c1C. The van der Waals surface area contributed by atoms with Crippen LogP contribution in [-0.2, 0) is 4.74 Å². The summed E-state index contributed by atoms with van der Waals surface area (Å²) in [5.41, 5.74) is 0.922. The fraction of sp³-hybridized carbons (Fsp3) is 0.300. The van der Waals surface area contributed by atoms with Crippen LogP contribution in [0, 0.1) is 6.92 Å². The van der Waals surface area contributed by atoms with Crippen molar-refractivity contribution < 1.29 is 14.6 Å². The number of esters is 1. The highest BCUT2D eigenvalue weighted by Gasteiger charge is 2.13. The minimum absolute atomic E-state index is 0.0856. The van der Waals surface area contributed by atoms with Crippen LogP contribution in [0.2, 0.25) is 0 Å². The van der Waals surface area contributed by atoms with E-state index in [2.05, 4.69) is 15.9 Å². The summed E-state index contributed by atoms with van der Waals surface area (Å²) in [7, 11) is 0. The van der Waals surface area contributed by atoms with Crippen molar-refractivity contribution in [3.05, 3.63) is 27.7 Å². The van der Waals surface area contributed by atoms with Crippen molar-refractivity contribution in [1.29, 1.82) is 0 Å². The summed E-state index contributed by atoms with van der Waals surface area (Å²) < 4.78 is 5.50. The number of carbonyl (C=O) groups is 1. The zero-order chi connectivity index (χ0) is 10.7.